The van der Waals surface area contributed by atoms with Crippen molar-refractivity contribution in [3.63, 3.8) is 0 Å². The second kappa shape index (κ2) is 5.29. The van der Waals surface area contributed by atoms with Crippen LogP contribution in [0, 0.1) is 0 Å². The summed E-state index contributed by atoms with van der Waals surface area (Å²) in [7, 11) is 0. The SMILES string of the molecule is CCC1(C)CCSC(=NCCC(F)(F)F)N1. The van der Waals surface area contributed by atoms with Crippen LogP contribution in [0.3, 0.4) is 0 Å². The van der Waals surface area contributed by atoms with Gasteiger partial charge in [-0.1, -0.05) is 18.7 Å². The highest BCUT2D eigenvalue weighted by Gasteiger charge is 2.29. The van der Waals surface area contributed by atoms with Gasteiger partial charge in [0.1, 0.15) is 0 Å². The van der Waals surface area contributed by atoms with Gasteiger partial charge in [0, 0.05) is 11.3 Å². The summed E-state index contributed by atoms with van der Waals surface area (Å²) in [5.41, 5.74) is -0.0116. The molecule has 0 aromatic carbocycles. The van der Waals surface area contributed by atoms with Gasteiger partial charge in [0.2, 0.25) is 0 Å². The molecule has 1 unspecified atom stereocenters. The highest BCUT2D eigenvalue weighted by atomic mass is 32.2. The average molecular weight is 254 g/mol. The van der Waals surface area contributed by atoms with E-state index in [-0.39, 0.29) is 12.1 Å². The third-order valence-corrected chi connectivity index (χ3v) is 3.65. The maximum Gasteiger partial charge on any atom is 0.390 e. The Bertz CT molecular complexity index is 265. The van der Waals surface area contributed by atoms with Crippen molar-refractivity contribution in [1.29, 1.82) is 0 Å². The molecule has 16 heavy (non-hydrogen) atoms. The van der Waals surface area contributed by atoms with Crippen LogP contribution >= 0.6 is 11.8 Å². The summed E-state index contributed by atoms with van der Waals surface area (Å²) < 4.78 is 35.8. The number of alkyl halides is 3. The van der Waals surface area contributed by atoms with Crippen LogP contribution in [0.1, 0.15) is 33.1 Å². The molecule has 6 heteroatoms. The van der Waals surface area contributed by atoms with Crippen molar-refractivity contribution in [2.24, 2.45) is 4.99 Å². The van der Waals surface area contributed by atoms with Gasteiger partial charge in [-0.25, -0.2) is 0 Å². The highest BCUT2D eigenvalue weighted by molar-refractivity contribution is 8.13. The molecule has 0 radical (unpaired) electrons. The molecule has 0 aromatic rings. The van der Waals surface area contributed by atoms with Crippen LogP contribution in [-0.2, 0) is 0 Å². The van der Waals surface area contributed by atoms with Gasteiger partial charge in [-0.05, 0) is 19.8 Å². The molecular weight excluding hydrogens is 237 g/mol. The molecule has 0 spiro atoms. The maximum atomic E-state index is 11.9. The number of nitrogens with zero attached hydrogens (tertiary/aromatic N) is 1. The first-order valence-corrected chi connectivity index (χ1v) is 6.35. The molecule has 1 aliphatic heterocycles. The third kappa shape index (κ3) is 4.63. The van der Waals surface area contributed by atoms with Gasteiger partial charge in [0.15, 0.2) is 5.17 Å². The summed E-state index contributed by atoms with van der Waals surface area (Å²) >= 11 is 1.50. The van der Waals surface area contributed by atoms with Crippen molar-refractivity contribution >= 4 is 16.9 Å². The fraction of sp³-hybridized carbons (Fsp3) is 0.900. The van der Waals surface area contributed by atoms with Crippen molar-refractivity contribution in [3.05, 3.63) is 0 Å². The summed E-state index contributed by atoms with van der Waals surface area (Å²) in [6, 6.07) is 0. The number of rotatable bonds is 3. The lowest BCUT2D eigenvalue weighted by atomic mass is 9.96. The fourth-order valence-corrected chi connectivity index (χ4v) is 2.61. The van der Waals surface area contributed by atoms with Crippen molar-refractivity contribution in [2.45, 2.75) is 44.8 Å². The zero-order valence-corrected chi connectivity index (χ0v) is 10.3. The molecule has 0 aliphatic carbocycles. The van der Waals surface area contributed by atoms with Crippen LogP contribution in [0.15, 0.2) is 4.99 Å². The van der Waals surface area contributed by atoms with E-state index in [1.807, 2.05) is 0 Å². The van der Waals surface area contributed by atoms with Crippen LogP contribution in [-0.4, -0.2) is 29.2 Å². The van der Waals surface area contributed by atoms with E-state index >= 15 is 0 Å². The minimum absolute atomic E-state index is 0.0116. The molecule has 94 valence electrons. The zero-order chi connectivity index (χ0) is 12.2. The number of halogens is 3. The van der Waals surface area contributed by atoms with E-state index in [0.29, 0.717) is 5.17 Å². The Hall–Kier alpha value is -0.390. The average Bonchev–Trinajstić information content (AvgIpc) is 2.16. The molecular formula is C10H17F3N2S. The van der Waals surface area contributed by atoms with Gasteiger partial charge < -0.3 is 5.32 Å². The number of hydrogen-bond acceptors (Lipinski definition) is 2. The molecule has 2 nitrogen and oxygen atoms in total. The van der Waals surface area contributed by atoms with E-state index in [0.717, 1.165) is 18.6 Å². The van der Waals surface area contributed by atoms with Crippen LogP contribution in [0.25, 0.3) is 0 Å². The number of hydrogen-bond donors (Lipinski definition) is 1. The standard InChI is InChI=1S/C10H17F3N2S/c1-3-9(2)5-7-16-8(15-9)14-6-4-10(11,12)13/h3-7H2,1-2H3,(H,14,15). The molecule has 1 aliphatic rings. The normalized spacial score (nSPS) is 29.2. The molecule has 0 saturated carbocycles. The largest absolute Gasteiger partial charge is 0.390 e. The van der Waals surface area contributed by atoms with Crippen molar-refractivity contribution < 1.29 is 13.2 Å². The minimum Gasteiger partial charge on any atom is -0.360 e. The first-order valence-electron chi connectivity index (χ1n) is 5.37. The predicted octanol–water partition coefficient (Wildman–Crippen LogP) is 3.19. The number of thioether (sulfide) groups is 1. The summed E-state index contributed by atoms with van der Waals surface area (Å²) in [4.78, 5) is 3.96. The smallest absolute Gasteiger partial charge is 0.360 e. The number of amidine groups is 1. The Balaban J connectivity index is 2.45. The molecule has 0 aromatic heterocycles. The lowest BCUT2D eigenvalue weighted by Crippen LogP contribution is -2.48. The second-order valence-electron chi connectivity index (χ2n) is 4.19. The summed E-state index contributed by atoms with van der Waals surface area (Å²) in [5.74, 6) is 0.919. The molecule has 1 atom stereocenters. The van der Waals surface area contributed by atoms with E-state index in [2.05, 4.69) is 24.2 Å². The summed E-state index contributed by atoms with van der Waals surface area (Å²) in [5, 5.41) is 3.86. The molecule has 1 heterocycles. The first-order chi connectivity index (χ1) is 7.35. The van der Waals surface area contributed by atoms with Crippen molar-refractivity contribution in [2.75, 3.05) is 12.3 Å². The quantitative estimate of drug-likeness (QED) is 0.836. The Labute approximate surface area is 98.1 Å². The van der Waals surface area contributed by atoms with Gasteiger partial charge in [-0.2, -0.15) is 13.2 Å². The monoisotopic (exact) mass is 254 g/mol. The lowest BCUT2D eigenvalue weighted by molar-refractivity contribution is -0.132. The van der Waals surface area contributed by atoms with Gasteiger partial charge in [0.05, 0.1) is 13.0 Å². The lowest BCUT2D eigenvalue weighted by Gasteiger charge is -2.35. The summed E-state index contributed by atoms with van der Waals surface area (Å²) in [6.07, 6.45) is -2.99. The molecule has 1 N–H and O–H groups in total. The van der Waals surface area contributed by atoms with Gasteiger partial charge >= 0.3 is 6.18 Å². The van der Waals surface area contributed by atoms with E-state index in [1.54, 1.807) is 0 Å². The Morgan fingerprint density at radius 3 is 2.75 bits per heavy atom. The van der Waals surface area contributed by atoms with Gasteiger partial charge in [0.25, 0.3) is 0 Å². The highest BCUT2D eigenvalue weighted by Crippen LogP contribution is 2.25. The van der Waals surface area contributed by atoms with E-state index in [1.165, 1.54) is 11.8 Å². The number of aliphatic imine (C=N–C) groups is 1. The Morgan fingerprint density at radius 1 is 1.50 bits per heavy atom. The molecule has 0 bridgehead atoms. The van der Waals surface area contributed by atoms with Crippen molar-refractivity contribution in [3.8, 4) is 0 Å². The molecule has 1 rings (SSSR count). The number of nitrogens with one attached hydrogen (secondary N) is 1. The van der Waals surface area contributed by atoms with Crippen molar-refractivity contribution in [1.82, 2.24) is 5.32 Å². The summed E-state index contributed by atoms with van der Waals surface area (Å²) in [6.45, 7) is 3.96. The molecule has 1 saturated heterocycles. The molecule has 1 fully saturated rings. The van der Waals surface area contributed by atoms with E-state index in [4.69, 9.17) is 0 Å². The zero-order valence-electron chi connectivity index (χ0n) is 9.52. The Kier molecular flexibility index (Phi) is 4.52. The van der Waals surface area contributed by atoms with Gasteiger partial charge in [-0.15, -0.1) is 0 Å². The molecule has 0 amide bonds. The minimum atomic E-state index is -4.11. The van der Waals surface area contributed by atoms with Gasteiger partial charge in [-0.3, -0.25) is 4.99 Å². The Morgan fingerprint density at radius 2 is 2.19 bits per heavy atom. The van der Waals surface area contributed by atoms with Crippen LogP contribution in [0.4, 0.5) is 13.2 Å². The maximum absolute atomic E-state index is 11.9. The topological polar surface area (TPSA) is 24.4 Å². The van der Waals surface area contributed by atoms with Crippen LogP contribution in [0.5, 0.6) is 0 Å². The van der Waals surface area contributed by atoms with E-state index < -0.39 is 12.6 Å². The van der Waals surface area contributed by atoms with E-state index in [9.17, 15) is 13.2 Å². The predicted molar refractivity (Wildman–Crippen MR) is 61.9 cm³/mol. The third-order valence-electron chi connectivity index (χ3n) is 2.73. The first kappa shape index (κ1) is 13.7. The second-order valence-corrected chi connectivity index (χ2v) is 5.27. The fourth-order valence-electron chi connectivity index (χ4n) is 1.36. The van der Waals surface area contributed by atoms with Crippen LogP contribution in [0.2, 0.25) is 0 Å². The van der Waals surface area contributed by atoms with Crippen LogP contribution < -0.4 is 5.32 Å².